The van der Waals surface area contributed by atoms with E-state index in [2.05, 4.69) is 5.32 Å². The second-order valence-corrected chi connectivity index (χ2v) is 4.40. The SMILES string of the molecule is O=[N+]([O-])c1ccc(CNCc2cc(F)c(F)c(F)c2)cc1. The number of nitrogens with zero attached hydrogens (tertiary/aromatic N) is 1. The van der Waals surface area contributed by atoms with Gasteiger partial charge in [0.05, 0.1) is 4.92 Å². The summed E-state index contributed by atoms with van der Waals surface area (Å²) in [5, 5.41) is 13.4. The molecular formula is C14H11F3N2O2. The molecule has 110 valence electrons. The van der Waals surface area contributed by atoms with Gasteiger partial charge in [0.1, 0.15) is 0 Å². The number of nitro groups is 1. The van der Waals surface area contributed by atoms with Crippen LogP contribution in [0, 0.1) is 27.6 Å². The first-order valence-electron chi connectivity index (χ1n) is 6.05. The number of hydrogen-bond acceptors (Lipinski definition) is 3. The molecule has 0 aromatic heterocycles. The first kappa shape index (κ1) is 15.0. The molecule has 2 aromatic carbocycles. The molecule has 0 unspecified atom stereocenters. The molecule has 0 aliphatic heterocycles. The lowest BCUT2D eigenvalue weighted by Crippen LogP contribution is -2.13. The molecule has 21 heavy (non-hydrogen) atoms. The van der Waals surface area contributed by atoms with Gasteiger partial charge in [-0.3, -0.25) is 10.1 Å². The summed E-state index contributed by atoms with van der Waals surface area (Å²) < 4.78 is 38.8. The first-order chi connectivity index (χ1) is 9.97. The summed E-state index contributed by atoms with van der Waals surface area (Å²) in [6, 6.07) is 7.74. The molecule has 0 heterocycles. The second kappa shape index (κ2) is 6.36. The van der Waals surface area contributed by atoms with Crippen molar-refractivity contribution in [3.63, 3.8) is 0 Å². The smallest absolute Gasteiger partial charge is 0.269 e. The Morgan fingerprint density at radius 2 is 1.48 bits per heavy atom. The van der Waals surface area contributed by atoms with Crippen LogP contribution in [0.5, 0.6) is 0 Å². The lowest BCUT2D eigenvalue weighted by Gasteiger charge is -2.06. The highest BCUT2D eigenvalue weighted by atomic mass is 19.2. The molecule has 2 rings (SSSR count). The van der Waals surface area contributed by atoms with Gasteiger partial charge in [-0.25, -0.2) is 13.2 Å². The number of non-ortho nitro benzene ring substituents is 1. The van der Waals surface area contributed by atoms with E-state index in [-0.39, 0.29) is 17.8 Å². The molecule has 0 bridgehead atoms. The minimum Gasteiger partial charge on any atom is -0.309 e. The molecule has 2 aromatic rings. The zero-order valence-electron chi connectivity index (χ0n) is 10.8. The molecule has 0 aliphatic carbocycles. The Hall–Kier alpha value is -2.41. The van der Waals surface area contributed by atoms with Crippen molar-refractivity contribution in [2.75, 3.05) is 0 Å². The van der Waals surface area contributed by atoms with E-state index in [0.29, 0.717) is 6.54 Å². The van der Waals surface area contributed by atoms with Crippen molar-refractivity contribution in [3.8, 4) is 0 Å². The molecule has 0 aliphatic rings. The average molecular weight is 296 g/mol. The first-order valence-corrected chi connectivity index (χ1v) is 6.05. The molecule has 0 fully saturated rings. The van der Waals surface area contributed by atoms with Crippen LogP contribution in [-0.2, 0) is 13.1 Å². The predicted molar refractivity (Wildman–Crippen MR) is 70.0 cm³/mol. The van der Waals surface area contributed by atoms with Crippen LogP contribution in [0.25, 0.3) is 0 Å². The summed E-state index contributed by atoms with van der Waals surface area (Å²) >= 11 is 0. The molecule has 0 atom stereocenters. The number of rotatable bonds is 5. The van der Waals surface area contributed by atoms with E-state index in [1.54, 1.807) is 12.1 Å². The van der Waals surface area contributed by atoms with Gasteiger partial charge in [0.15, 0.2) is 17.5 Å². The highest BCUT2D eigenvalue weighted by Crippen LogP contribution is 2.14. The Morgan fingerprint density at radius 3 is 2.00 bits per heavy atom. The largest absolute Gasteiger partial charge is 0.309 e. The zero-order chi connectivity index (χ0) is 15.4. The Kier molecular flexibility index (Phi) is 4.54. The standard InChI is InChI=1S/C14H11F3N2O2/c15-12-5-10(6-13(16)14(12)17)8-18-7-9-1-3-11(4-2-9)19(20)21/h1-6,18H,7-8H2. The van der Waals surface area contributed by atoms with E-state index in [9.17, 15) is 23.3 Å². The fraction of sp³-hybridized carbons (Fsp3) is 0.143. The number of nitro benzene ring substituents is 1. The third-order valence-electron chi connectivity index (χ3n) is 2.85. The van der Waals surface area contributed by atoms with Crippen molar-refractivity contribution in [1.29, 1.82) is 0 Å². The Labute approximate surface area is 118 Å². The van der Waals surface area contributed by atoms with E-state index in [0.717, 1.165) is 17.7 Å². The van der Waals surface area contributed by atoms with Gasteiger partial charge in [-0.2, -0.15) is 0 Å². The molecule has 7 heteroatoms. The van der Waals surface area contributed by atoms with Crippen molar-refractivity contribution in [3.05, 3.63) is 75.1 Å². The van der Waals surface area contributed by atoms with Crippen molar-refractivity contribution in [2.45, 2.75) is 13.1 Å². The van der Waals surface area contributed by atoms with Crippen LogP contribution in [0.1, 0.15) is 11.1 Å². The third kappa shape index (κ3) is 3.79. The summed E-state index contributed by atoms with van der Waals surface area (Å²) in [7, 11) is 0. The van der Waals surface area contributed by atoms with Crippen molar-refractivity contribution < 1.29 is 18.1 Å². The van der Waals surface area contributed by atoms with Crippen LogP contribution in [-0.4, -0.2) is 4.92 Å². The van der Waals surface area contributed by atoms with Crippen LogP contribution in [0.15, 0.2) is 36.4 Å². The topological polar surface area (TPSA) is 55.2 Å². The van der Waals surface area contributed by atoms with Crippen LogP contribution >= 0.6 is 0 Å². The van der Waals surface area contributed by atoms with Gasteiger partial charge >= 0.3 is 0 Å². The minimum absolute atomic E-state index is 0.0126. The number of benzene rings is 2. The fourth-order valence-electron chi connectivity index (χ4n) is 1.80. The number of hydrogen-bond donors (Lipinski definition) is 1. The highest BCUT2D eigenvalue weighted by molar-refractivity contribution is 5.32. The van der Waals surface area contributed by atoms with Gasteiger partial charge in [0.25, 0.3) is 5.69 Å². The van der Waals surface area contributed by atoms with Crippen molar-refractivity contribution >= 4 is 5.69 Å². The fourth-order valence-corrected chi connectivity index (χ4v) is 1.80. The second-order valence-electron chi connectivity index (χ2n) is 4.40. The van der Waals surface area contributed by atoms with E-state index >= 15 is 0 Å². The lowest BCUT2D eigenvalue weighted by atomic mass is 10.2. The molecule has 0 saturated carbocycles. The van der Waals surface area contributed by atoms with Crippen LogP contribution < -0.4 is 5.32 Å². The predicted octanol–water partition coefficient (Wildman–Crippen LogP) is 3.30. The van der Waals surface area contributed by atoms with E-state index < -0.39 is 22.4 Å². The maximum atomic E-state index is 13.0. The zero-order valence-corrected chi connectivity index (χ0v) is 10.8. The van der Waals surface area contributed by atoms with Gasteiger partial charge in [-0.1, -0.05) is 12.1 Å². The summed E-state index contributed by atoms with van der Waals surface area (Å²) in [6.07, 6.45) is 0. The molecule has 0 spiro atoms. The molecule has 1 N–H and O–H groups in total. The Bertz CT molecular complexity index is 637. The normalized spacial score (nSPS) is 10.6. The third-order valence-corrected chi connectivity index (χ3v) is 2.85. The number of halogens is 3. The van der Waals surface area contributed by atoms with Crippen LogP contribution in [0.3, 0.4) is 0 Å². The van der Waals surface area contributed by atoms with Gasteiger partial charge in [0, 0.05) is 25.2 Å². The highest BCUT2D eigenvalue weighted by Gasteiger charge is 2.10. The molecule has 0 radical (unpaired) electrons. The summed E-state index contributed by atoms with van der Waals surface area (Å²) in [4.78, 5) is 9.99. The maximum Gasteiger partial charge on any atom is 0.269 e. The average Bonchev–Trinajstić information content (AvgIpc) is 2.45. The lowest BCUT2D eigenvalue weighted by molar-refractivity contribution is -0.384. The van der Waals surface area contributed by atoms with Crippen molar-refractivity contribution in [2.24, 2.45) is 0 Å². The molecule has 4 nitrogen and oxygen atoms in total. The summed E-state index contributed by atoms with van der Waals surface area (Å²) in [5.74, 6) is -3.96. The molecular weight excluding hydrogens is 285 g/mol. The molecule has 0 amide bonds. The minimum atomic E-state index is -1.49. The summed E-state index contributed by atoms with van der Waals surface area (Å²) in [6.45, 7) is 0.504. The Morgan fingerprint density at radius 1 is 0.952 bits per heavy atom. The summed E-state index contributed by atoms with van der Waals surface area (Å²) in [5.41, 5.74) is 1.04. The molecule has 0 saturated heterocycles. The Balaban J connectivity index is 1.94. The van der Waals surface area contributed by atoms with Crippen LogP contribution in [0.4, 0.5) is 18.9 Å². The van der Waals surface area contributed by atoms with Crippen LogP contribution in [0.2, 0.25) is 0 Å². The monoisotopic (exact) mass is 296 g/mol. The van der Waals surface area contributed by atoms with Gasteiger partial charge in [-0.15, -0.1) is 0 Å². The van der Waals surface area contributed by atoms with Gasteiger partial charge < -0.3 is 5.32 Å². The van der Waals surface area contributed by atoms with E-state index in [1.807, 2.05) is 0 Å². The van der Waals surface area contributed by atoms with E-state index in [4.69, 9.17) is 0 Å². The van der Waals surface area contributed by atoms with Gasteiger partial charge in [0.2, 0.25) is 0 Å². The van der Waals surface area contributed by atoms with Crippen molar-refractivity contribution in [1.82, 2.24) is 5.32 Å². The van der Waals surface area contributed by atoms with Gasteiger partial charge in [-0.05, 0) is 23.3 Å². The number of nitrogens with one attached hydrogen (secondary N) is 1. The quantitative estimate of drug-likeness (QED) is 0.523. The maximum absolute atomic E-state index is 13.0. The van der Waals surface area contributed by atoms with E-state index in [1.165, 1.54) is 12.1 Å².